The minimum Gasteiger partial charge on any atom is -0.393 e. The third kappa shape index (κ3) is 7.82. The second-order valence-electron chi connectivity index (χ2n) is 3.81. The van der Waals surface area contributed by atoms with E-state index in [4.69, 9.17) is 0 Å². The summed E-state index contributed by atoms with van der Waals surface area (Å²) in [6.07, 6.45) is 4.00. The molecule has 0 aromatic carbocycles. The zero-order valence-electron chi connectivity index (χ0n) is 10.5. The number of aliphatic hydroxyl groups excluding tert-OH is 1. The Balaban J connectivity index is 3.64. The minimum absolute atomic E-state index is 0.135. The largest absolute Gasteiger partial charge is 0.393 e. The maximum Gasteiger partial charge on any atom is 0.315 e. The fraction of sp³-hybridized carbons (Fsp3) is 0.909. The van der Waals surface area contributed by atoms with Crippen molar-refractivity contribution in [2.24, 2.45) is 0 Å². The van der Waals surface area contributed by atoms with Gasteiger partial charge in [-0.1, -0.05) is 13.8 Å². The van der Waals surface area contributed by atoms with E-state index in [0.717, 1.165) is 18.6 Å². The van der Waals surface area contributed by atoms with E-state index in [1.807, 2.05) is 13.2 Å². The van der Waals surface area contributed by atoms with Crippen LogP contribution < -0.4 is 10.6 Å². The number of carbonyl (C=O) groups excluding carboxylic acids is 1. The van der Waals surface area contributed by atoms with Crippen molar-refractivity contribution in [3.05, 3.63) is 0 Å². The third-order valence-corrected chi connectivity index (χ3v) is 3.17. The second-order valence-corrected chi connectivity index (χ2v) is 4.72. The lowest BCUT2D eigenvalue weighted by Gasteiger charge is -2.16. The molecule has 4 nitrogen and oxygen atoms in total. The van der Waals surface area contributed by atoms with Gasteiger partial charge in [0.25, 0.3) is 0 Å². The number of carbonyl (C=O) groups is 1. The molecule has 0 saturated heterocycles. The molecule has 96 valence electrons. The molecular weight excluding hydrogens is 224 g/mol. The number of hydrogen-bond donors (Lipinski definition) is 3. The van der Waals surface area contributed by atoms with E-state index in [-0.39, 0.29) is 18.2 Å². The van der Waals surface area contributed by atoms with Crippen LogP contribution in [0.4, 0.5) is 4.79 Å². The lowest BCUT2D eigenvalue weighted by atomic mass is 10.2. The predicted octanol–water partition coefficient (Wildman–Crippen LogP) is 1.59. The molecule has 0 aliphatic rings. The van der Waals surface area contributed by atoms with Gasteiger partial charge in [0, 0.05) is 18.3 Å². The Hall–Kier alpha value is -0.420. The molecule has 0 aromatic heterocycles. The first kappa shape index (κ1) is 15.6. The standard InChI is InChI=1S/C11H24N2O2S/c1-4-9(8-16-3)13-11(15)12-7-6-10(14)5-2/h9-10,14H,4-8H2,1-3H3,(H2,12,13,15). The van der Waals surface area contributed by atoms with Gasteiger partial charge in [0.05, 0.1) is 6.10 Å². The van der Waals surface area contributed by atoms with E-state index in [2.05, 4.69) is 17.6 Å². The van der Waals surface area contributed by atoms with Gasteiger partial charge in [-0.15, -0.1) is 0 Å². The summed E-state index contributed by atoms with van der Waals surface area (Å²) in [7, 11) is 0. The van der Waals surface area contributed by atoms with Gasteiger partial charge in [-0.05, 0) is 25.5 Å². The predicted molar refractivity (Wildman–Crippen MR) is 69.9 cm³/mol. The smallest absolute Gasteiger partial charge is 0.315 e. The van der Waals surface area contributed by atoms with Crippen LogP contribution in [0.3, 0.4) is 0 Å². The monoisotopic (exact) mass is 248 g/mol. The molecule has 2 atom stereocenters. The van der Waals surface area contributed by atoms with Crippen LogP contribution in [0, 0.1) is 0 Å². The van der Waals surface area contributed by atoms with Crippen LogP contribution in [0.2, 0.25) is 0 Å². The zero-order valence-corrected chi connectivity index (χ0v) is 11.3. The van der Waals surface area contributed by atoms with Crippen LogP contribution in [-0.4, -0.2) is 41.8 Å². The molecule has 0 aliphatic carbocycles. The SMILES string of the molecule is CCC(O)CCNC(=O)NC(CC)CSC. The van der Waals surface area contributed by atoms with Crippen molar-refractivity contribution in [2.75, 3.05) is 18.6 Å². The summed E-state index contributed by atoms with van der Waals surface area (Å²) in [5.74, 6) is 0.932. The summed E-state index contributed by atoms with van der Waals surface area (Å²) in [6.45, 7) is 4.51. The molecular formula is C11H24N2O2S. The highest BCUT2D eigenvalue weighted by atomic mass is 32.2. The van der Waals surface area contributed by atoms with Crippen molar-refractivity contribution in [3.63, 3.8) is 0 Å². The molecule has 0 heterocycles. The molecule has 0 fully saturated rings. The minimum atomic E-state index is -0.312. The van der Waals surface area contributed by atoms with Gasteiger partial charge in [0.2, 0.25) is 0 Å². The summed E-state index contributed by atoms with van der Waals surface area (Å²) in [5.41, 5.74) is 0. The number of urea groups is 1. The molecule has 0 aromatic rings. The maximum atomic E-state index is 11.4. The van der Waals surface area contributed by atoms with E-state index in [9.17, 15) is 9.90 Å². The van der Waals surface area contributed by atoms with Crippen LogP contribution in [0.15, 0.2) is 0 Å². The summed E-state index contributed by atoms with van der Waals surface area (Å²) in [5, 5.41) is 15.0. The Labute approximate surface area is 103 Å². The average molecular weight is 248 g/mol. The number of nitrogens with one attached hydrogen (secondary N) is 2. The molecule has 0 bridgehead atoms. The second kappa shape index (κ2) is 9.78. The topological polar surface area (TPSA) is 61.4 Å². The molecule has 0 spiro atoms. The first-order valence-corrected chi connectivity index (χ1v) is 7.24. The fourth-order valence-corrected chi connectivity index (χ4v) is 1.98. The first-order valence-electron chi connectivity index (χ1n) is 5.85. The lowest BCUT2D eigenvalue weighted by molar-refractivity contribution is 0.160. The highest BCUT2D eigenvalue weighted by Gasteiger charge is 2.09. The molecule has 0 aliphatic heterocycles. The van der Waals surface area contributed by atoms with E-state index in [0.29, 0.717) is 13.0 Å². The Bertz CT molecular complexity index is 191. The normalized spacial score (nSPS) is 14.2. The summed E-state index contributed by atoms with van der Waals surface area (Å²) in [6, 6.07) is 0.0929. The number of rotatable bonds is 8. The van der Waals surface area contributed by atoms with Crippen molar-refractivity contribution in [1.29, 1.82) is 0 Å². The summed E-state index contributed by atoms with van der Waals surface area (Å²) >= 11 is 1.73. The van der Waals surface area contributed by atoms with Crippen molar-refractivity contribution in [1.82, 2.24) is 10.6 Å². The molecule has 3 N–H and O–H groups in total. The quantitative estimate of drug-likeness (QED) is 0.611. The lowest BCUT2D eigenvalue weighted by Crippen LogP contribution is -2.43. The van der Waals surface area contributed by atoms with Crippen molar-refractivity contribution in [3.8, 4) is 0 Å². The van der Waals surface area contributed by atoms with E-state index < -0.39 is 0 Å². The Morgan fingerprint density at radius 2 is 2.06 bits per heavy atom. The fourth-order valence-electron chi connectivity index (χ4n) is 1.26. The summed E-state index contributed by atoms with van der Waals surface area (Å²) in [4.78, 5) is 11.4. The highest BCUT2D eigenvalue weighted by molar-refractivity contribution is 7.98. The average Bonchev–Trinajstić information content (AvgIpc) is 2.28. The molecule has 5 heteroatoms. The highest BCUT2D eigenvalue weighted by Crippen LogP contribution is 2.00. The van der Waals surface area contributed by atoms with Crippen LogP contribution >= 0.6 is 11.8 Å². The van der Waals surface area contributed by atoms with Gasteiger partial charge >= 0.3 is 6.03 Å². The first-order chi connectivity index (χ1) is 7.63. The Morgan fingerprint density at radius 1 is 1.38 bits per heavy atom. The van der Waals surface area contributed by atoms with Gasteiger partial charge in [-0.3, -0.25) is 0 Å². The zero-order chi connectivity index (χ0) is 12.4. The van der Waals surface area contributed by atoms with Crippen molar-refractivity contribution < 1.29 is 9.90 Å². The van der Waals surface area contributed by atoms with Gasteiger partial charge in [0.1, 0.15) is 0 Å². The van der Waals surface area contributed by atoms with Crippen LogP contribution in [0.1, 0.15) is 33.1 Å². The molecule has 0 radical (unpaired) electrons. The van der Waals surface area contributed by atoms with Gasteiger partial charge in [-0.2, -0.15) is 11.8 Å². The van der Waals surface area contributed by atoms with E-state index in [1.165, 1.54) is 0 Å². The van der Waals surface area contributed by atoms with Crippen molar-refractivity contribution in [2.45, 2.75) is 45.3 Å². The number of amides is 2. The Kier molecular flexibility index (Phi) is 9.52. The molecule has 2 amide bonds. The van der Waals surface area contributed by atoms with E-state index in [1.54, 1.807) is 11.8 Å². The van der Waals surface area contributed by atoms with Crippen molar-refractivity contribution >= 4 is 17.8 Å². The van der Waals surface area contributed by atoms with Crippen LogP contribution in [0.25, 0.3) is 0 Å². The number of thioether (sulfide) groups is 1. The third-order valence-electron chi connectivity index (χ3n) is 2.43. The van der Waals surface area contributed by atoms with Crippen LogP contribution in [0.5, 0.6) is 0 Å². The Morgan fingerprint density at radius 3 is 2.56 bits per heavy atom. The number of hydrogen-bond acceptors (Lipinski definition) is 3. The maximum absolute atomic E-state index is 11.4. The van der Waals surface area contributed by atoms with Gasteiger partial charge in [0.15, 0.2) is 0 Å². The molecule has 0 saturated carbocycles. The number of aliphatic hydroxyl groups is 1. The van der Waals surface area contributed by atoms with Gasteiger partial charge < -0.3 is 15.7 Å². The molecule has 0 rings (SSSR count). The van der Waals surface area contributed by atoms with Crippen LogP contribution in [-0.2, 0) is 0 Å². The van der Waals surface area contributed by atoms with E-state index >= 15 is 0 Å². The molecule has 16 heavy (non-hydrogen) atoms. The summed E-state index contributed by atoms with van der Waals surface area (Å²) < 4.78 is 0. The molecule has 2 unspecified atom stereocenters. The van der Waals surface area contributed by atoms with Gasteiger partial charge in [-0.25, -0.2) is 4.79 Å².